The van der Waals surface area contributed by atoms with Crippen molar-refractivity contribution in [3.63, 3.8) is 0 Å². The molecular weight excluding hydrogens is 248 g/mol. The molecule has 0 aliphatic heterocycles. The number of carbonyl (C=O) groups is 1. The summed E-state index contributed by atoms with van der Waals surface area (Å²) in [5.41, 5.74) is 6.73. The van der Waals surface area contributed by atoms with Crippen molar-refractivity contribution >= 4 is 23.2 Å². The van der Waals surface area contributed by atoms with Crippen LogP contribution in [0.3, 0.4) is 0 Å². The zero-order valence-corrected chi connectivity index (χ0v) is 11.4. The monoisotopic (exact) mass is 266 g/mol. The third-order valence-electron chi connectivity index (χ3n) is 3.64. The molecular formula is C14H19ClN2O. The standard InChI is InChI=1S/C14H19ClN2O/c1-17(9-10-5-2-3-6-10)14(18)11-7-4-8-12(15)13(11)16/h4,7-8,10H,2-3,5-6,9,16H2,1H3. The van der Waals surface area contributed by atoms with Crippen molar-refractivity contribution in [2.45, 2.75) is 25.7 Å². The Morgan fingerprint density at radius 2 is 2.11 bits per heavy atom. The smallest absolute Gasteiger partial charge is 0.255 e. The lowest BCUT2D eigenvalue weighted by atomic mass is 10.1. The maximum absolute atomic E-state index is 12.3. The number of rotatable bonds is 3. The molecule has 1 aliphatic rings. The Balaban J connectivity index is 2.07. The summed E-state index contributed by atoms with van der Waals surface area (Å²) in [4.78, 5) is 14.1. The summed E-state index contributed by atoms with van der Waals surface area (Å²) in [5, 5.41) is 0.440. The second-order valence-electron chi connectivity index (χ2n) is 5.04. The quantitative estimate of drug-likeness (QED) is 0.854. The minimum Gasteiger partial charge on any atom is -0.397 e. The Labute approximate surface area is 113 Å². The predicted octanol–water partition coefficient (Wildman–Crippen LogP) is 3.18. The van der Waals surface area contributed by atoms with Crippen LogP contribution in [0.25, 0.3) is 0 Å². The van der Waals surface area contributed by atoms with Gasteiger partial charge >= 0.3 is 0 Å². The summed E-state index contributed by atoms with van der Waals surface area (Å²) in [6.07, 6.45) is 5.02. The zero-order valence-electron chi connectivity index (χ0n) is 10.7. The first kappa shape index (κ1) is 13.2. The van der Waals surface area contributed by atoms with E-state index in [4.69, 9.17) is 17.3 Å². The van der Waals surface area contributed by atoms with Gasteiger partial charge in [-0.05, 0) is 30.9 Å². The van der Waals surface area contributed by atoms with Crippen LogP contribution in [-0.4, -0.2) is 24.4 Å². The first-order valence-electron chi connectivity index (χ1n) is 6.39. The molecule has 0 heterocycles. The molecule has 1 aliphatic carbocycles. The van der Waals surface area contributed by atoms with Gasteiger partial charge in [-0.1, -0.05) is 30.5 Å². The SMILES string of the molecule is CN(CC1CCCC1)C(=O)c1cccc(Cl)c1N. The summed E-state index contributed by atoms with van der Waals surface area (Å²) in [6.45, 7) is 0.810. The second kappa shape index (κ2) is 5.61. The third kappa shape index (κ3) is 2.78. The van der Waals surface area contributed by atoms with E-state index in [1.54, 1.807) is 23.1 Å². The van der Waals surface area contributed by atoms with Crippen LogP contribution >= 0.6 is 11.6 Å². The average molecular weight is 267 g/mol. The summed E-state index contributed by atoms with van der Waals surface area (Å²) >= 11 is 5.94. The predicted molar refractivity (Wildman–Crippen MR) is 74.8 cm³/mol. The molecule has 0 saturated heterocycles. The van der Waals surface area contributed by atoms with Crippen molar-refractivity contribution in [1.29, 1.82) is 0 Å². The van der Waals surface area contributed by atoms with Gasteiger partial charge in [0, 0.05) is 13.6 Å². The summed E-state index contributed by atoms with van der Waals surface area (Å²) in [6, 6.07) is 5.19. The van der Waals surface area contributed by atoms with E-state index in [-0.39, 0.29) is 5.91 Å². The van der Waals surface area contributed by atoms with Crippen molar-refractivity contribution in [2.24, 2.45) is 5.92 Å². The lowest BCUT2D eigenvalue weighted by molar-refractivity contribution is 0.0774. The van der Waals surface area contributed by atoms with Crippen LogP contribution in [0.1, 0.15) is 36.0 Å². The molecule has 1 fully saturated rings. The Bertz CT molecular complexity index is 441. The number of halogens is 1. The van der Waals surface area contributed by atoms with Crippen LogP contribution in [0, 0.1) is 5.92 Å². The summed E-state index contributed by atoms with van der Waals surface area (Å²) in [7, 11) is 1.83. The molecule has 0 atom stereocenters. The fourth-order valence-electron chi connectivity index (χ4n) is 2.59. The van der Waals surface area contributed by atoms with Crippen molar-refractivity contribution in [3.05, 3.63) is 28.8 Å². The van der Waals surface area contributed by atoms with E-state index < -0.39 is 0 Å². The Kier molecular flexibility index (Phi) is 4.12. The average Bonchev–Trinajstić information content (AvgIpc) is 2.84. The number of hydrogen-bond acceptors (Lipinski definition) is 2. The van der Waals surface area contributed by atoms with Crippen LogP contribution in [0.5, 0.6) is 0 Å². The molecule has 0 bridgehead atoms. The van der Waals surface area contributed by atoms with E-state index in [2.05, 4.69) is 0 Å². The number of nitrogens with zero attached hydrogens (tertiary/aromatic N) is 1. The number of para-hydroxylation sites is 1. The molecule has 1 aromatic carbocycles. The number of nitrogens with two attached hydrogens (primary N) is 1. The van der Waals surface area contributed by atoms with Crippen LogP contribution < -0.4 is 5.73 Å². The van der Waals surface area contributed by atoms with Crippen LogP contribution in [-0.2, 0) is 0 Å². The fraction of sp³-hybridized carbons (Fsp3) is 0.500. The van der Waals surface area contributed by atoms with Gasteiger partial charge in [-0.15, -0.1) is 0 Å². The number of anilines is 1. The van der Waals surface area contributed by atoms with Crippen LogP contribution in [0.2, 0.25) is 5.02 Å². The van der Waals surface area contributed by atoms with Crippen molar-refractivity contribution < 1.29 is 4.79 Å². The molecule has 1 aromatic rings. The molecule has 2 N–H and O–H groups in total. The summed E-state index contributed by atoms with van der Waals surface area (Å²) in [5.74, 6) is 0.598. The highest BCUT2D eigenvalue weighted by atomic mass is 35.5. The molecule has 3 nitrogen and oxygen atoms in total. The minimum atomic E-state index is -0.0399. The van der Waals surface area contributed by atoms with Gasteiger partial charge in [0.2, 0.25) is 0 Å². The topological polar surface area (TPSA) is 46.3 Å². The highest BCUT2D eigenvalue weighted by molar-refractivity contribution is 6.33. The number of benzene rings is 1. The molecule has 1 amide bonds. The molecule has 98 valence electrons. The van der Waals surface area contributed by atoms with Crippen LogP contribution in [0.15, 0.2) is 18.2 Å². The second-order valence-corrected chi connectivity index (χ2v) is 5.44. The molecule has 2 rings (SSSR count). The molecule has 4 heteroatoms. The van der Waals surface area contributed by atoms with Crippen molar-refractivity contribution in [2.75, 3.05) is 19.3 Å². The van der Waals surface area contributed by atoms with Crippen molar-refractivity contribution in [3.8, 4) is 0 Å². The maximum Gasteiger partial charge on any atom is 0.255 e. The maximum atomic E-state index is 12.3. The van der Waals surface area contributed by atoms with Gasteiger partial charge in [-0.25, -0.2) is 0 Å². The van der Waals surface area contributed by atoms with Gasteiger partial charge in [-0.3, -0.25) is 4.79 Å². The molecule has 0 spiro atoms. The molecule has 0 radical (unpaired) electrons. The Morgan fingerprint density at radius 1 is 1.44 bits per heavy atom. The zero-order chi connectivity index (χ0) is 13.1. The van der Waals surface area contributed by atoms with Gasteiger partial charge in [0.15, 0.2) is 0 Å². The number of nitrogen functional groups attached to an aromatic ring is 1. The van der Waals surface area contributed by atoms with E-state index >= 15 is 0 Å². The molecule has 1 saturated carbocycles. The first-order chi connectivity index (χ1) is 8.59. The van der Waals surface area contributed by atoms with Gasteiger partial charge in [-0.2, -0.15) is 0 Å². The van der Waals surface area contributed by atoms with E-state index in [0.29, 0.717) is 22.2 Å². The molecule has 0 unspecified atom stereocenters. The van der Waals surface area contributed by atoms with E-state index in [1.807, 2.05) is 7.05 Å². The van der Waals surface area contributed by atoms with Gasteiger partial charge in [0.25, 0.3) is 5.91 Å². The lowest BCUT2D eigenvalue weighted by Crippen LogP contribution is -2.31. The lowest BCUT2D eigenvalue weighted by Gasteiger charge is -2.22. The number of amides is 1. The molecule has 18 heavy (non-hydrogen) atoms. The van der Waals surface area contributed by atoms with Gasteiger partial charge < -0.3 is 10.6 Å². The van der Waals surface area contributed by atoms with Crippen molar-refractivity contribution in [1.82, 2.24) is 4.90 Å². The van der Waals surface area contributed by atoms with Gasteiger partial charge in [0.1, 0.15) is 0 Å². The highest BCUT2D eigenvalue weighted by Gasteiger charge is 2.21. The van der Waals surface area contributed by atoms with Gasteiger partial charge in [0.05, 0.1) is 16.3 Å². The molecule has 0 aromatic heterocycles. The van der Waals surface area contributed by atoms with E-state index in [0.717, 1.165) is 6.54 Å². The fourth-order valence-corrected chi connectivity index (χ4v) is 2.77. The minimum absolute atomic E-state index is 0.0399. The number of hydrogen-bond donors (Lipinski definition) is 1. The highest BCUT2D eigenvalue weighted by Crippen LogP contribution is 2.27. The van der Waals surface area contributed by atoms with Crippen LogP contribution in [0.4, 0.5) is 5.69 Å². The Morgan fingerprint density at radius 3 is 2.78 bits per heavy atom. The normalized spacial score (nSPS) is 15.9. The van der Waals surface area contributed by atoms with E-state index in [9.17, 15) is 4.79 Å². The summed E-state index contributed by atoms with van der Waals surface area (Å²) < 4.78 is 0. The number of carbonyl (C=O) groups excluding carboxylic acids is 1. The Hall–Kier alpha value is -1.22. The first-order valence-corrected chi connectivity index (χ1v) is 6.77. The van der Waals surface area contributed by atoms with E-state index in [1.165, 1.54) is 25.7 Å². The third-order valence-corrected chi connectivity index (χ3v) is 3.97. The largest absolute Gasteiger partial charge is 0.397 e.